The lowest BCUT2D eigenvalue weighted by atomic mass is 10.2. The molecule has 18 heavy (non-hydrogen) atoms. The van der Waals surface area contributed by atoms with Crippen molar-refractivity contribution >= 4 is 17.7 Å². The maximum absolute atomic E-state index is 10.6. The third kappa shape index (κ3) is 6.64. The number of carbonyl (C=O) groups is 1. The number of amides is 1. The van der Waals surface area contributed by atoms with Gasteiger partial charge in [0.15, 0.2) is 0 Å². The molecule has 0 radical (unpaired) electrons. The molecule has 0 unspecified atom stereocenters. The highest BCUT2D eigenvalue weighted by atomic mass is 32.2. The second-order valence-electron chi connectivity index (χ2n) is 3.88. The summed E-state index contributed by atoms with van der Waals surface area (Å²) in [6.45, 7) is 2.39. The number of rotatable bonds is 9. The summed E-state index contributed by atoms with van der Waals surface area (Å²) in [4.78, 5) is 11.8. The molecular weight excluding hydrogens is 248 g/mol. The van der Waals surface area contributed by atoms with E-state index in [-0.39, 0.29) is 5.91 Å². The molecule has 4 nitrogen and oxygen atoms in total. The molecule has 0 aromatic heterocycles. The Morgan fingerprint density at radius 3 is 3.06 bits per heavy atom. The third-order valence-corrected chi connectivity index (χ3v) is 3.32. The zero-order chi connectivity index (χ0) is 13.2. The van der Waals surface area contributed by atoms with Crippen LogP contribution in [0, 0.1) is 0 Å². The van der Waals surface area contributed by atoms with Gasteiger partial charge >= 0.3 is 0 Å². The van der Waals surface area contributed by atoms with E-state index in [0.29, 0.717) is 13.0 Å². The standard InChI is InChI=1S/C13H20N2O2S/c1-17-7-6-15-10-11-3-2-4-12(9-11)18-8-5-13(14)16/h2-4,9,15H,5-8,10H2,1H3,(H2,14,16). The topological polar surface area (TPSA) is 64.3 Å². The van der Waals surface area contributed by atoms with Crippen molar-refractivity contribution in [1.29, 1.82) is 0 Å². The molecule has 0 bridgehead atoms. The van der Waals surface area contributed by atoms with Gasteiger partial charge in [-0.1, -0.05) is 12.1 Å². The fourth-order valence-corrected chi connectivity index (χ4v) is 2.37. The van der Waals surface area contributed by atoms with E-state index >= 15 is 0 Å². The molecule has 0 aliphatic carbocycles. The Hall–Kier alpha value is -1.04. The van der Waals surface area contributed by atoms with Gasteiger partial charge in [0, 0.05) is 37.3 Å². The molecule has 1 amide bonds. The number of hydrogen-bond acceptors (Lipinski definition) is 4. The Kier molecular flexibility index (Phi) is 7.48. The van der Waals surface area contributed by atoms with Gasteiger partial charge in [0.1, 0.15) is 0 Å². The van der Waals surface area contributed by atoms with Crippen LogP contribution < -0.4 is 11.1 Å². The molecule has 3 N–H and O–H groups in total. The molecule has 1 aromatic carbocycles. The summed E-state index contributed by atoms with van der Waals surface area (Å²) >= 11 is 1.65. The van der Waals surface area contributed by atoms with Crippen molar-refractivity contribution in [2.24, 2.45) is 5.73 Å². The number of methoxy groups -OCH3 is 1. The fraction of sp³-hybridized carbons (Fsp3) is 0.462. The molecule has 0 heterocycles. The van der Waals surface area contributed by atoms with Crippen molar-refractivity contribution in [1.82, 2.24) is 5.32 Å². The van der Waals surface area contributed by atoms with Crippen molar-refractivity contribution in [2.75, 3.05) is 26.0 Å². The molecule has 0 aliphatic heterocycles. The Labute approximate surface area is 112 Å². The third-order valence-electron chi connectivity index (χ3n) is 2.33. The maximum atomic E-state index is 10.6. The summed E-state index contributed by atoms with van der Waals surface area (Å²) in [6, 6.07) is 8.29. The van der Waals surface area contributed by atoms with Crippen molar-refractivity contribution in [3.05, 3.63) is 29.8 Å². The summed E-state index contributed by atoms with van der Waals surface area (Å²) in [5, 5.41) is 3.30. The van der Waals surface area contributed by atoms with E-state index in [4.69, 9.17) is 10.5 Å². The number of ether oxygens (including phenoxy) is 1. The minimum Gasteiger partial charge on any atom is -0.383 e. The van der Waals surface area contributed by atoms with E-state index in [1.54, 1.807) is 18.9 Å². The monoisotopic (exact) mass is 268 g/mol. The van der Waals surface area contributed by atoms with Gasteiger partial charge in [0.25, 0.3) is 0 Å². The largest absolute Gasteiger partial charge is 0.383 e. The first-order valence-electron chi connectivity index (χ1n) is 5.92. The summed E-state index contributed by atoms with van der Waals surface area (Å²) in [6.07, 6.45) is 0.418. The molecule has 0 saturated carbocycles. The van der Waals surface area contributed by atoms with E-state index < -0.39 is 0 Å². The number of thioether (sulfide) groups is 1. The first-order chi connectivity index (χ1) is 8.72. The Morgan fingerprint density at radius 2 is 2.33 bits per heavy atom. The van der Waals surface area contributed by atoms with Gasteiger partial charge in [0.2, 0.25) is 5.91 Å². The van der Waals surface area contributed by atoms with Crippen LogP contribution in [-0.4, -0.2) is 31.9 Å². The summed E-state index contributed by atoms with van der Waals surface area (Å²) in [5.41, 5.74) is 6.34. The van der Waals surface area contributed by atoms with Crippen LogP contribution in [0.15, 0.2) is 29.2 Å². The number of nitrogens with one attached hydrogen (secondary N) is 1. The van der Waals surface area contributed by atoms with Gasteiger partial charge in [-0.2, -0.15) is 0 Å². The van der Waals surface area contributed by atoms with Crippen LogP contribution in [0.1, 0.15) is 12.0 Å². The van der Waals surface area contributed by atoms with Crippen molar-refractivity contribution in [3.8, 4) is 0 Å². The van der Waals surface area contributed by atoms with Gasteiger partial charge in [0.05, 0.1) is 6.61 Å². The molecule has 0 fully saturated rings. The van der Waals surface area contributed by atoms with Gasteiger partial charge in [-0.15, -0.1) is 11.8 Å². The number of nitrogens with two attached hydrogens (primary N) is 1. The van der Waals surface area contributed by atoms with Crippen LogP contribution >= 0.6 is 11.8 Å². The predicted molar refractivity (Wildman–Crippen MR) is 74.6 cm³/mol. The average molecular weight is 268 g/mol. The SMILES string of the molecule is COCCNCc1cccc(SCCC(N)=O)c1. The van der Waals surface area contributed by atoms with E-state index in [2.05, 4.69) is 17.4 Å². The number of carbonyl (C=O) groups excluding carboxylic acids is 1. The summed E-state index contributed by atoms with van der Waals surface area (Å²) in [7, 11) is 1.69. The average Bonchev–Trinajstić information content (AvgIpc) is 2.35. The van der Waals surface area contributed by atoms with E-state index in [9.17, 15) is 4.79 Å². The van der Waals surface area contributed by atoms with E-state index in [0.717, 1.165) is 18.8 Å². The molecule has 0 spiro atoms. The van der Waals surface area contributed by atoms with Gasteiger partial charge in [-0.05, 0) is 17.7 Å². The van der Waals surface area contributed by atoms with E-state index in [1.165, 1.54) is 10.5 Å². The Morgan fingerprint density at radius 1 is 1.50 bits per heavy atom. The predicted octanol–water partition coefficient (Wildman–Crippen LogP) is 1.39. The number of benzene rings is 1. The van der Waals surface area contributed by atoms with Crippen LogP contribution in [0.3, 0.4) is 0 Å². The van der Waals surface area contributed by atoms with Crippen LogP contribution in [-0.2, 0) is 16.1 Å². The minimum atomic E-state index is -0.250. The van der Waals surface area contributed by atoms with Crippen LogP contribution in [0.5, 0.6) is 0 Å². The number of hydrogen-bond donors (Lipinski definition) is 2. The van der Waals surface area contributed by atoms with Crippen molar-refractivity contribution < 1.29 is 9.53 Å². The summed E-state index contributed by atoms with van der Waals surface area (Å²) < 4.78 is 4.97. The van der Waals surface area contributed by atoms with Crippen molar-refractivity contribution in [3.63, 3.8) is 0 Å². The molecule has 1 rings (SSSR count). The Bertz CT molecular complexity index is 372. The summed E-state index contributed by atoms with van der Waals surface area (Å²) in [5.74, 6) is 0.482. The van der Waals surface area contributed by atoms with Gasteiger partial charge in [-0.25, -0.2) is 0 Å². The maximum Gasteiger partial charge on any atom is 0.218 e. The first-order valence-corrected chi connectivity index (χ1v) is 6.90. The molecule has 100 valence electrons. The van der Waals surface area contributed by atoms with Crippen LogP contribution in [0.2, 0.25) is 0 Å². The van der Waals surface area contributed by atoms with Gasteiger partial charge in [-0.3, -0.25) is 4.79 Å². The fourth-order valence-electron chi connectivity index (χ4n) is 1.42. The minimum absolute atomic E-state index is 0.250. The molecular formula is C13H20N2O2S. The normalized spacial score (nSPS) is 10.5. The highest BCUT2D eigenvalue weighted by molar-refractivity contribution is 7.99. The first kappa shape index (κ1) is 15.0. The lowest BCUT2D eigenvalue weighted by Gasteiger charge is -2.06. The Balaban J connectivity index is 2.34. The van der Waals surface area contributed by atoms with E-state index in [1.807, 2.05) is 12.1 Å². The highest BCUT2D eigenvalue weighted by Gasteiger charge is 1.99. The quantitative estimate of drug-likeness (QED) is 0.525. The van der Waals surface area contributed by atoms with Crippen LogP contribution in [0.4, 0.5) is 0 Å². The molecule has 0 atom stereocenters. The second-order valence-corrected chi connectivity index (χ2v) is 5.05. The molecule has 0 saturated heterocycles. The zero-order valence-corrected chi connectivity index (χ0v) is 11.5. The molecule has 5 heteroatoms. The van der Waals surface area contributed by atoms with Gasteiger partial charge < -0.3 is 15.8 Å². The second kappa shape index (κ2) is 8.97. The number of primary amides is 1. The molecule has 1 aromatic rings. The molecule has 0 aliphatic rings. The van der Waals surface area contributed by atoms with Crippen molar-refractivity contribution in [2.45, 2.75) is 17.9 Å². The lowest BCUT2D eigenvalue weighted by molar-refractivity contribution is -0.117. The highest BCUT2D eigenvalue weighted by Crippen LogP contribution is 2.19. The van der Waals surface area contributed by atoms with Crippen LogP contribution in [0.25, 0.3) is 0 Å². The smallest absolute Gasteiger partial charge is 0.218 e. The lowest BCUT2D eigenvalue weighted by Crippen LogP contribution is -2.18. The zero-order valence-electron chi connectivity index (χ0n) is 10.6.